The molecule has 2 aromatic rings. The van der Waals surface area contributed by atoms with Crippen molar-refractivity contribution in [2.24, 2.45) is 5.18 Å². The molecule has 0 aliphatic heterocycles. The van der Waals surface area contributed by atoms with E-state index < -0.39 is 6.16 Å². The Morgan fingerprint density at radius 2 is 2.00 bits per heavy atom. The van der Waals surface area contributed by atoms with Crippen LogP contribution in [0.1, 0.15) is 0 Å². The van der Waals surface area contributed by atoms with Crippen molar-refractivity contribution in [3.05, 3.63) is 47.5 Å². The van der Waals surface area contributed by atoms with Gasteiger partial charge < -0.3 is 15.2 Å². The van der Waals surface area contributed by atoms with Gasteiger partial charge in [0, 0.05) is 11.4 Å². The molecular weight excluding hydrogens is 338 g/mol. The predicted octanol–water partition coefficient (Wildman–Crippen LogP) is 4.02. The Kier molecular flexibility index (Phi) is 6.70. The number of carbonyl (C=O) groups excluding carboxylic acids is 1. The second-order valence-corrected chi connectivity index (χ2v) is 6.56. The molecule has 0 saturated carbocycles. The summed E-state index contributed by atoms with van der Waals surface area (Å²) < 4.78 is 9.92. The van der Waals surface area contributed by atoms with Gasteiger partial charge in [-0.05, 0) is 52.4 Å². The molecule has 1 heterocycles. The van der Waals surface area contributed by atoms with E-state index in [1.807, 2.05) is 0 Å². The molecule has 23 heavy (non-hydrogen) atoms. The third-order valence-electron chi connectivity index (χ3n) is 2.44. The predicted molar refractivity (Wildman–Crippen MR) is 90.8 cm³/mol. The average Bonchev–Trinajstić information content (AvgIpc) is 2.57. The summed E-state index contributed by atoms with van der Waals surface area (Å²) in [6.45, 7) is 0.208. The maximum Gasteiger partial charge on any atom is 0.513 e. The van der Waals surface area contributed by atoms with Crippen LogP contribution in [0.2, 0.25) is 0 Å². The van der Waals surface area contributed by atoms with Crippen molar-refractivity contribution in [2.45, 2.75) is 5.03 Å². The highest BCUT2D eigenvalue weighted by atomic mass is 33.1. The fourth-order valence-corrected chi connectivity index (χ4v) is 3.09. The second-order valence-electron chi connectivity index (χ2n) is 4.12. The number of benzene rings is 1. The van der Waals surface area contributed by atoms with E-state index in [-0.39, 0.29) is 12.3 Å². The van der Waals surface area contributed by atoms with E-state index in [9.17, 15) is 9.70 Å². The number of nitrogens with two attached hydrogens (primary N) is 1. The standard InChI is InChI=1S/C14H13N3O4S2/c15-10-1-4-12(5-2-10)21-14(18)20-7-8-22-23-13-6-3-11(17-19)9-16-13/h1-6,9H,7-8,15H2. The summed E-state index contributed by atoms with van der Waals surface area (Å²) in [5.74, 6) is 0.941. The Hall–Kier alpha value is -2.26. The number of anilines is 1. The molecule has 0 radical (unpaired) electrons. The second kappa shape index (κ2) is 9.01. The Morgan fingerprint density at radius 1 is 1.22 bits per heavy atom. The highest BCUT2D eigenvalue weighted by molar-refractivity contribution is 8.76. The summed E-state index contributed by atoms with van der Waals surface area (Å²) in [6, 6.07) is 9.73. The summed E-state index contributed by atoms with van der Waals surface area (Å²) in [5.41, 5.74) is 6.41. The van der Waals surface area contributed by atoms with E-state index in [4.69, 9.17) is 15.2 Å². The summed E-state index contributed by atoms with van der Waals surface area (Å²) in [5, 5.41) is 3.52. The molecule has 1 aromatic carbocycles. The van der Waals surface area contributed by atoms with Crippen LogP contribution in [0.25, 0.3) is 0 Å². The monoisotopic (exact) mass is 351 g/mol. The number of nitrogen functional groups attached to an aromatic ring is 1. The van der Waals surface area contributed by atoms with Crippen LogP contribution in [0, 0.1) is 4.91 Å². The third kappa shape index (κ3) is 6.17. The first kappa shape index (κ1) is 17.1. The first-order valence-corrected chi connectivity index (χ1v) is 8.78. The molecule has 0 saturated heterocycles. The smallest absolute Gasteiger partial charge is 0.433 e. The summed E-state index contributed by atoms with van der Waals surface area (Å²) in [4.78, 5) is 25.8. The Labute approximate surface area is 140 Å². The van der Waals surface area contributed by atoms with Gasteiger partial charge in [0.25, 0.3) is 0 Å². The summed E-state index contributed by atoms with van der Waals surface area (Å²) in [6.07, 6.45) is 0.635. The van der Waals surface area contributed by atoms with Crippen LogP contribution in [0.15, 0.2) is 52.8 Å². The zero-order valence-corrected chi connectivity index (χ0v) is 13.5. The molecule has 0 aliphatic carbocycles. The molecule has 2 rings (SSSR count). The van der Waals surface area contributed by atoms with E-state index >= 15 is 0 Å². The number of aromatic nitrogens is 1. The lowest BCUT2D eigenvalue weighted by molar-refractivity contribution is 0.105. The van der Waals surface area contributed by atoms with Gasteiger partial charge in [0.2, 0.25) is 0 Å². The highest BCUT2D eigenvalue weighted by Crippen LogP contribution is 2.29. The van der Waals surface area contributed by atoms with Gasteiger partial charge in [-0.2, -0.15) is 0 Å². The topological polar surface area (TPSA) is 104 Å². The Morgan fingerprint density at radius 3 is 2.65 bits per heavy atom. The molecule has 0 unspecified atom stereocenters. The maximum atomic E-state index is 11.5. The van der Waals surface area contributed by atoms with Crippen LogP contribution in [0.3, 0.4) is 0 Å². The Balaban J connectivity index is 1.61. The van der Waals surface area contributed by atoms with Crippen LogP contribution < -0.4 is 10.5 Å². The van der Waals surface area contributed by atoms with Crippen molar-refractivity contribution in [1.82, 2.24) is 4.98 Å². The molecule has 120 valence electrons. The molecule has 2 N–H and O–H groups in total. The number of hydrogen-bond donors (Lipinski definition) is 1. The molecule has 0 fully saturated rings. The van der Waals surface area contributed by atoms with Gasteiger partial charge in [-0.3, -0.25) is 0 Å². The fourth-order valence-electron chi connectivity index (χ4n) is 1.40. The highest BCUT2D eigenvalue weighted by Gasteiger charge is 2.06. The lowest BCUT2D eigenvalue weighted by atomic mass is 10.3. The summed E-state index contributed by atoms with van der Waals surface area (Å²) in [7, 11) is 2.88. The molecule has 9 heteroatoms. The van der Waals surface area contributed by atoms with Crippen molar-refractivity contribution in [3.8, 4) is 5.75 Å². The van der Waals surface area contributed by atoms with Gasteiger partial charge in [0.15, 0.2) is 0 Å². The van der Waals surface area contributed by atoms with Crippen LogP contribution >= 0.6 is 21.6 Å². The van der Waals surface area contributed by atoms with Crippen molar-refractivity contribution in [1.29, 1.82) is 0 Å². The van der Waals surface area contributed by atoms with Crippen LogP contribution in [-0.4, -0.2) is 23.5 Å². The lowest BCUT2D eigenvalue weighted by Crippen LogP contribution is -2.12. The molecule has 0 aliphatic rings. The quantitative estimate of drug-likeness (QED) is 0.199. The zero-order chi connectivity index (χ0) is 16.5. The van der Waals surface area contributed by atoms with Crippen molar-refractivity contribution >= 4 is 39.1 Å². The fraction of sp³-hybridized carbons (Fsp3) is 0.143. The van der Waals surface area contributed by atoms with Crippen LogP contribution in [0.4, 0.5) is 16.2 Å². The lowest BCUT2D eigenvalue weighted by Gasteiger charge is -2.05. The number of rotatable bonds is 7. The number of nitrogens with zero attached hydrogens (tertiary/aromatic N) is 2. The molecule has 0 bridgehead atoms. The van der Waals surface area contributed by atoms with E-state index in [0.717, 1.165) is 5.03 Å². The maximum absolute atomic E-state index is 11.5. The van der Waals surface area contributed by atoms with Gasteiger partial charge >= 0.3 is 6.16 Å². The molecule has 0 atom stereocenters. The first-order valence-electron chi connectivity index (χ1n) is 6.46. The minimum absolute atomic E-state index is 0.208. The number of nitroso groups, excluding NO2 is 1. The van der Waals surface area contributed by atoms with Crippen LogP contribution in [-0.2, 0) is 4.74 Å². The molecule has 0 spiro atoms. The molecule has 0 amide bonds. The van der Waals surface area contributed by atoms with Gasteiger partial charge in [0.05, 0.1) is 6.20 Å². The van der Waals surface area contributed by atoms with E-state index in [1.165, 1.54) is 27.8 Å². The third-order valence-corrected chi connectivity index (χ3v) is 4.67. The average molecular weight is 351 g/mol. The summed E-state index contributed by atoms with van der Waals surface area (Å²) >= 11 is 0. The minimum atomic E-state index is -0.764. The van der Waals surface area contributed by atoms with E-state index in [1.54, 1.807) is 36.4 Å². The zero-order valence-electron chi connectivity index (χ0n) is 11.9. The molecular formula is C14H13N3O4S2. The number of ether oxygens (including phenoxy) is 2. The van der Waals surface area contributed by atoms with Crippen molar-refractivity contribution in [3.63, 3.8) is 0 Å². The van der Waals surface area contributed by atoms with Crippen molar-refractivity contribution in [2.75, 3.05) is 18.1 Å². The number of pyridine rings is 1. The number of carbonyl (C=O) groups is 1. The van der Waals surface area contributed by atoms with Crippen LogP contribution in [0.5, 0.6) is 5.75 Å². The normalized spacial score (nSPS) is 10.1. The van der Waals surface area contributed by atoms with E-state index in [0.29, 0.717) is 17.2 Å². The Bertz CT molecular complexity index is 650. The SMILES string of the molecule is Nc1ccc(OC(=O)OCCSSc2ccc(N=O)cn2)cc1. The first-order chi connectivity index (χ1) is 11.2. The largest absolute Gasteiger partial charge is 0.513 e. The molecule has 1 aromatic heterocycles. The number of hydrogen-bond acceptors (Lipinski definition) is 9. The van der Waals surface area contributed by atoms with Crippen molar-refractivity contribution < 1.29 is 14.3 Å². The molecule has 7 nitrogen and oxygen atoms in total. The van der Waals surface area contributed by atoms with E-state index in [2.05, 4.69) is 10.2 Å². The van der Waals surface area contributed by atoms with Gasteiger partial charge in [-0.1, -0.05) is 10.8 Å². The van der Waals surface area contributed by atoms with Gasteiger partial charge in [0.1, 0.15) is 23.1 Å². The minimum Gasteiger partial charge on any atom is -0.433 e. The van der Waals surface area contributed by atoms with Gasteiger partial charge in [-0.15, -0.1) is 4.91 Å². The van der Waals surface area contributed by atoms with Gasteiger partial charge in [-0.25, -0.2) is 9.78 Å².